The summed E-state index contributed by atoms with van der Waals surface area (Å²) in [5, 5.41) is 4.02. The van der Waals surface area contributed by atoms with E-state index < -0.39 is 0 Å². The highest BCUT2D eigenvalue weighted by Crippen LogP contribution is 2.21. The highest BCUT2D eigenvalue weighted by molar-refractivity contribution is 5.96. The van der Waals surface area contributed by atoms with Crippen molar-refractivity contribution in [3.05, 3.63) is 65.5 Å². The Morgan fingerprint density at radius 3 is 2.58 bits per heavy atom. The Morgan fingerprint density at radius 1 is 1.15 bits per heavy atom. The van der Waals surface area contributed by atoms with E-state index >= 15 is 0 Å². The van der Waals surface area contributed by atoms with Crippen molar-refractivity contribution in [1.82, 2.24) is 15.0 Å². The number of carbonyl (C=O) groups is 1. The molecule has 0 fully saturated rings. The molecular formula is C20H21N3O3. The average molecular weight is 351 g/mol. The maximum absolute atomic E-state index is 12.8. The van der Waals surface area contributed by atoms with Gasteiger partial charge < -0.3 is 14.2 Å². The van der Waals surface area contributed by atoms with E-state index in [1.165, 1.54) is 0 Å². The third-order valence-corrected chi connectivity index (χ3v) is 4.11. The maximum Gasteiger partial charge on any atom is 0.258 e. The molecule has 0 spiro atoms. The van der Waals surface area contributed by atoms with Crippen LogP contribution in [0.3, 0.4) is 0 Å². The van der Waals surface area contributed by atoms with Gasteiger partial charge in [-0.25, -0.2) is 0 Å². The van der Waals surface area contributed by atoms with Gasteiger partial charge in [-0.15, -0.1) is 0 Å². The summed E-state index contributed by atoms with van der Waals surface area (Å²) in [5.74, 6) is 1.31. The van der Waals surface area contributed by atoms with Crippen LogP contribution >= 0.6 is 0 Å². The predicted molar refractivity (Wildman–Crippen MR) is 97.9 cm³/mol. The first kappa shape index (κ1) is 17.7. The van der Waals surface area contributed by atoms with Gasteiger partial charge in [0.25, 0.3) is 5.91 Å². The topological polar surface area (TPSA) is 68.5 Å². The minimum Gasteiger partial charge on any atom is -0.496 e. The molecular weight excluding hydrogens is 330 g/mol. The van der Waals surface area contributed by atoms with Gasteiger partial charge in [0.05, 0.1) is 12.7 Å². The zero-order valence-electron chi connectivity index (χ0n) is 15.1. The smallest absolute Gasteiger partial charge is 0.258 e. The van der Waals surface area contributed by atoms with Crippen molar-refractivity contribution in [3.63, 3.8) is 0 Å². The Bertz CT molecular complexity index is 887. The van der Waals surface area contributed by atoms with E-state index in [0.717, 1.165) is 11.1 Å². The van der Waals surface area contributed by atoms with Gasteiger partial charge in [0.2, 0.25) is 11.7 Å². The van der Waals surface area contributed by atoms with Crippen molar-refractivity contribution in [2.24, 2.45) is 0 Å². The number of hydrogen-bond donors (Lipinski definition) is 0. The Balaban J connectivity index is 1.78. The van der Waals surface area contributed by atoms with Crippen LogP contribution in [0.15, 0.2) is 53.1 Å². The fourth-order valence-corrected chi connectivity index (χ4v) is 2.62. The van der Waals surface area contributed by atoms with Crippen molar-refractivity contribution < 1.29 is 14.1 Å². The largest absolute Gasteiger partial charge is 0.496 e. The van der Waals surface area contributed by atoms with E-state index in [-0.39, 0.29) is 12.5 Å². The van der Waals surface area contributed by atoms with Crippen LogP contribution in [0.5, 0.6) is 5.75 Å². The molecule has 0 bridgehead atoms. The second-order valence-electron chi connectivity index (χ2n) is 5.90. The van der Waals surface area contributed by atoms with Crippen LogP contribution in [0, 0.1) is 6.92 Å². The first-order valence-corrected chi connectivity index (χ1v) is 8.44. The minimum atomic E-state index is -0.139. The lowest BCUT2D eigenvalue weighted by Gasteiger charge is -2.20. The number of hydrogen-bond acceptors (Lipinski definition) is 5. The highest BCUT2D eigenvalue weighted by atomic mass is 16.5. The SMILES string of the molecule is CCN(Cc1nc(-c2ccc(C)cc2)no1)C(=O)c1ccccc1OC. The summed E-state index contributed by atoms with van der Waals surface area (Å²) in [6, 6.07) is 15.0. The summed E-state index contributed by atoms with van der Waals surface area (Å²) < 4.78 is 10.6. The van der Waals surface area contributed by atoms with E-state index in [9.17, 15) is 4.79 Å². The number of carbonyl (C=O) groups excluding carboxylic acids is 1. The van der Waals surface area contributed by atoms with Crippen molar-refractivity contribution in [1.29, 1.82) is 0 Å². The third kappa shape index (κ3) is 3.74. The number of ether oxygens (including phenoxy) is 1. The van der Waals surface area contributed by atoms with Gasteiger partial charge in [-0.2, -0.15) is 4.98 Å². The highest BCUT2D eigenvalue weighted by Gasteiger charge is 2.20. The normalized spacial score (nSPS) is 10.6. The number of nitrogens with zero attached hydrogens (tertiary/aromatic N) is 3. The molecule has 134 valence electrons. The predicted octanol–water partition coefficient (Wildman–Crippen LogP) is 3.72. The number of para-hydroxylation sites is 1. The summed E-state index contributed by atoms with van der Waals surface area (Å²) in [7, 11) is 1.55. The van der Waals surface area contributed by atoms with Crippen molar-refractivity contribution in [2.75, 3.05) is 13.7 Å². The van der Waals surface area contributed by atoms with E-state index in [0.29, 0.717) is 29.6 Å². The van der Waals surface area contributed by atoms with Crippen LogP contribution in [0.4, 0.5) is 0 Å². The Kier molecular flexibility index (Phi) is 5.31. The fraction of sp³-hybridized carbons (Fsp3) is 0.250. The van der Waals surface area contributed by atoms with Gasteiger partial charge in [0.1, 0.15) is 12.3 Å². The van der Waals surface area contributed by atoms with Crippen LogP contribution in [-0.4, -0.2) is 34.6 Å². The second-order valence-corrected chi connectivity index (χ2v) is 5.90. The Hall–Kier alpha value is -3.15. The summed E-state index contributed by atoms with van der Waals surface area (Å²) in [4.78, 5) is 18.9. The molecule has 26 heavy (non-hydrogen) atoms. The first-order chi connectivity index (χ1) is 12.6. The summed E-state index contributed by atoms with van der Waals surface area (Å²) in [5.41, 5.74) is 2.55. The molecule has 3 aromatic rings. The summed E-state index contributed by atoms with van der Waals surface area (Å²) >= 11 is 0. The molecule has 0 saturated carbocycles. The van der Waals surface area contributed by atoms with E-state index in [2.05, 4.69) is 10.1 Å². The molecule has 0 radical (unpaired) electrons. The molecule has 6 heteroatoms. The number of rotatable bonds is 6. The number of amides is 1. The quantitative estimate of drug-likeness (QED) is 0.677. The number of aromatic nitrogens is 2. The molecule has 3 rings (SSSR count). The number of benzene rings is 2. The van der Waals surface area contributed by atoms with Gasteiger partial charge >= 0.3 is 0 Å². The van der Waals surface area contributed by atoms with Gasteiger partial charge in [-0.05, 0) is 26.0 Å². The molecule has 1 aromatic heterocycles. The fourth-order valence-electron chi connectivity index (χ4n) is 2.62. The molecule has 1 heterocycles. The Labute approximate surface area is 152 Å². The molecule has 0 aliphatic heterocycles. The lowest BCUT2D eigenvalue weighted by Crippen LogP contribution is -2.30. The minimum absolute atomic E-state index is 0.139. The summed E-state index contributed by atoms with van der Waals surface area (Å²) in [6.45, 7) is 4.68. The van der Waals surface area contributed by atoms with E-state index in [1.807, 2.05) is 50.2 Å². The second kappa shape index (κ2) is 7.82. The Morgan fingerprint density at radius 2 is 1.88 bits per heavy atom. The molecule has 0 aliphatic carbocycles. The lowest BCUT2D eigenvalue weighted by atomic mass is 10.1. The zero-order chi connectivity index (χ0) is 18.5. The zero-order valence-corrected chi connectivity index (χ0v) is 15.1. The van der Waals surface area contributed by atoms with E-state index in [1.54, 1.807) is 24.1 Å². The number of methoxy groups -OCH3 is 1. The van der Waals surface area contributed by atoms with Crippen LogP contribution in [0.2, 0.25) is 0 Å². The van der Waals surface area contributed by atoms with Crippen molar-refractivity contribution in [3.8, 4) is 17.1 Å². The van der Waals surface area contributed by atoms with Gasteiger partial charge in [-0.3, -0.25) is 4.79 Å². The molecule has 2 aromatic carbocycles. The van der Waals surface area contributed by atoms with Crippen molar-refractivity contribution in [2.45, 2.75) is 20.4 Å². The molecule has 0 aliphatic rings. The average Bonchev–Trinajstić information content (AvgIpc) is 3.14. The monoisotopic (exact) mass is 351 g/mol. The van der Waals surface area contributed by atoms with Crippen LogP contribution in [0.25, 0.3) is 11.4 Å². The first-order valence-electron chi connectivity index (χ1n) is 8.44. The van der Waals surface area contributed by atoms with Crippen molar-refractivity contribution >= 4 is 5.91 Å². The molecule has 6 nitrogen and oxygen atoms in total. The van der Waals surface area contributed by atoms with Crippen LogP contribution < -0.4 is 4.74 Å². The molecule has 0 atom stereocenters. The van der Waals surface area contributed by atoms with Gasteiger partial charge in [-0.1, -0.05) is 47.1 Å². The van der Waals surface area contributed by atoms with Crippen LogP contribution in [0.1, 0.15) is 28.7 Å². The lowest BCUT2D eigenvalue weighted by molar-refractivity contribution is 0.0731. The standard InChI is InChI=1S/C20H21N3O3/c1-4-23(20(24)16-7-5-6-8-17(16)25-3)13-18-21-19(22-26-18)15-11-9-14(2)10-12-15/h5-12H,4,13H2,1-3H3. The third-order valence-electron chi connectivity index (χ3n) is 4.11. The molecule has 1 amide bonds. The maximum atomic E-state index is 12.8. The molecule has 0 N–H and O–H groups in total. The van der Waals surface area contributed by atoms with E-state index in [4.69, 9.17) is 9.26 Å². The van der Waals surface area contributed by atoms with Crippen LogP contribution in [-0.2, 0) is 6.54 Å². The number of aryl methyl sites for hydroxylation is 1. The van der Waals surface area contributed by atoms with Gasteiger partial charge in [0.15, 0.2) is 0 Å². The summed E-state index contributed by atoms with van der Waals surface area (Å²) in [6.07, 6.45) is 0. The molecule has 0 unspecified atom stereocenters. The molecule has 0 saturated heterocycles. The van der Waals surface area contributed by atoms with Gasteiger partial charge in [0, 0.05) is 12.1 Å².